The molecule has 0 amide bonds. The van der Waals surface area contributed by atoms with Gasteiger partial charge in [0.2, 0.25) is 0 Å². The third-order valence-corrected chi connectivity index (χ3v) is 2.28. The Balaban J connectivity index is 2.52. The lowest BCUT2D eigenvalue weighted by Gasteiger charge is -2.35. The molecule has 0 radical (unpaired) electrons. The van der Waals surface area contributed by atoms with E-state index in [9.17, 15) is 10.2 Å². The fourth-order valence-corrected chi connectivity index (χ4v) is 1.45. The van der Waals surface area contributed by atoms with Gasteiger partial charge in [-0.1, -0.05) is 6.92 Å². The minimum atomic E-state index is -0.946. The van der Waals surface area contributed by atoms with Crippen LogP contribution in [0.4, 0.5) is 0 Å². The predicted molar refractivity (Wildman–Crippen MR) is 42.7 cm³/mol. The third kappa shape index (κ3) is 1.95. The number of hydrogen-bond donors (Lipinski definition) is 3. The van der Waals surface area contributed by atoms with Crippen LogP contribution in [-0.4, -0.2) is 46.3 Å². The summed E-state index contributed by atoms with van der Waals surface area (Å²) in [5.41, 5.74) is 0. The molecule has 0 bridgehead atoms. The van der Waals surface area contributed by atoms with Gasteiger partial charge in [-0.2, -0.15) is 0 Å². The highest BCUT2D eigenvalue weighted by molar-refractivity contribution is 4.84. The van der Waals surface area contributed by atoms with Gasteiger partial charge < -0.3 is 20.1 Å². The Bertz CT molecular complexity index is 139. The second-order valence-electron chi connectivity index (χ2n) is 3.18. The van der Waals surface area contributed by atoms with Crippen molar-refractivity contribution >= 4 is 0 Å². The molecule has 1 aliphatic rings. The van der Waals surface area contributed by atoms with Crippen molar-refractivity contribution in [2.45, 2.75) is 44.2 Å². The van der Waals surface area contributed by atoms with Crippen LogP contribution in [-0.2, 0) is 4.74 Å². The Morgan fingerprint density at radius 1 is 1.42 bits per heavy atom. The van der Waals surface area contributed by atoms with Gasteiger partial charge in [-0.15, -0.1) is 0 Å². The smallest absolute Gasteiger partial charge is 0.109 e. The molecule has 4 atom stereocenters. The molecule has 1 heterocycles. The molecule has 0 saturated carbocycles. The lowest BCUT2D eigenvalue weighted by Crippen LogP contribution is -2.49. The van der Waals surface area contributed by atoms with Crippen molar-refractivity contribution in [2.24, 2.45) is 0 Å². The first-order chi connectivity index (χ1) is 5.69. The zero-order valence-corrected chi connectivity index (χ0v) is 7.18. The first-order valence-corrected chi connectivity index (χ1v) is 4.31. The molecule has 0 aromatic heterocycles. The van der Waals surface area contributed by atoms with E-state index < -0.39 is 18.3 Å². The van der Waals surface area contributed by atoms with Crippen LogP contribution in [0.5, 0.6) is 0 Å². The van der Waals surface area contributed by atoms with Gasteiger partial charge in [0, 0.05) is 6.42 Å². The van der Waals surface area contributed by atoms with Gasteiger partial charge in [0.05, 0.1) is 18.8 Å². The fourth-order valence-electron chi connectivity index (χ4n) is 1.45. The summed E-state index contributed by atoms with van der Waals surface area (Å²) in [7, 11) is 0. The van der Waals surface area contributed by atoms with Crippen molar-refractivity contribution < 1.29 is 20.1 Å². The van der Waals surface area contributed by atoms with E-state index in [-0.39, 0.29) is 12.7 Å². The summed E-state index contributed by atoms with van der Waals surface area (Å²) in [6.07, 6.45) is -1.13. The van der Waals surface area contributed by atoms with E-state index in [0.717, 1.165) is 6.42 Å². The van der Waals surface area contributed by atoms with Gasteiger partial charge in [-0.05, 0) is 6.42 Å². The van der Waals surface area contributed by atoms with Gasteiger partial charge in [0.1, 0.15) is 12.2 Å². The molecule has 4 heteroatoms. The maximum atomic E-state index is 9.34. The molecule has 3 N–H and O–H groups in total. The molecular weight excluding hydrogens is 160 g/mol. The summed E-state index contributed by atoms with van der Waals surface area (Å²) in [6.45, 7) is 1.71. The minimum Gasteiger partial charge on any atom is -0.394 e. The van der Waals surface area contributed by atoms with Crippen molar-refractivity contribution in [2.75, 3.05) is 6.61 Å². The SMILES string of the molecule is CC[C@H]1CC(O)[C@@H](O)C(CO)O1. The topological polar surface area (TPSA) is 69.9 Å². The fraction of sp³-hybridized carbons (Fsp3) is 1.00. The first kappa shape index (κ1) is 9.92. The Kier molecular flexibility index (Phi) is 3.46. The van der Waals surface area contributed by atoms with Gasteiger partial charge >= 0.3 is 0 Å². The van der Waals surface area contributed by atoms with Crippen molar-refractivity contribution in [3.8, 4) is 0 Å². The standard InChI is InChI=1S/C8H16O4/c1-2-5-3-6(10)8(11)7(4-9)12-5/h5-11H,2-4H2,1H3/t5-,6?,7?,8+/m0/s1. The number of hydrogen-bond acceptors (Lipinski definition) is 4. The molecule has 1 saturated heterocycles. The maximum Gasteiger partial charge on any atom is 0.109 e. The van der Waals surface area contributed by atoms with E-state index in [2.05, 4.69) is 0 Å². The largest absolute Gasteiger partial charge is 0.394 e. The highest BCUT2D eigenvalue weighted by atomic mass is 16.5. The maximum absolute atomic E-state index is 9.34. The van der Waals surface area contributed by atoms with E-state index in [1.54, 1.807) is 0 Å². The lowest BCUT2D eigenvalue weighted by molar-refractivity contribution is -0.179. The summed E-state index contributed by atoms with van der Waals surface area (Å²) >= 11 is 0. The number of ether oxygens (including phenoxy) is 1. The normalized spacial score (nSPS) is 43.0. The van der Waals surface area contributed by atoms with E-state index in [0.29, 0.717) is 6.42 Å². The molecular formula is C8H16O4. The summed E-state index contributed by atoms with van der Waals surface area (Å²) in [5.74, 6) is 0. The molecule has 2 unspecified atom stereocenters. The van der Waals surface area contributed by atoms with Gasteiger partial charge in [-0.25, -0.2) is 0 Å². The van der Waals surface area contributed by atoms with Crippen LogP contribution in [0.15, 0.2) is 0 Å². The zero-order valence-electron chi connectivity index (χ0n) is 7.18. The van der Waals surface area contributed by atoms with Crippen LogP contribution in [0.2, 0.25) is 0 Å². The Labute approximate surface area is 71.8 Å². The van der Waals surface area contributed by atoms with Crippen molar-refractivity contribution in [3.63, 3.8) is 0 Å². The highest BCUT2D eigenvalue weighted by Crippen LogP contribution is 2.21. The van der Waals surface area contributed by atoms with Crippen LogP contribution < -0.4 is 0 Å². The van der Waals surface area contributed by atoms with Crippen LogP contribution in [0.25, 0.3) is 0 Å². The summed E-state index contributed by atoms with van der Waals surface area (Å²) < 4.78 is 5.31. The zero-order chi connectivity index (χ0) is 9.14. The number of aliphatic hydroxyl groups excluding tert-OH is 3. The van der Waals surface area contributed by atoms with Crippen LogP contribution in [0.1, 0.15) is 19.8 Å². The van der Waals surface area contributed by atoms with Crippen LogP contribution >= 0.6 is 0 Å². The van der Waals surface area contributed by atoms with E-state index in [4.69, 9.17) is 9.84 Å². The number of aliphatic hydroxyl groups is 3. The second-order valence-corrected chi connectivity index (χ2v) is 3.18. The predicted octanol–water partition coefficient (Wildman–Crippen LogP) is -0.732. The molecule has 0 spiro atoms. The Morgan fingerprint density at radius 3 is 2.58 bits per heavy atom. The van der Waals surface area contributed by atoms with Gasteiger partial charge in [0.15, 0.2) is 0 Å². The summed E-state index contributed by atoms with van der Waals surface area (Å²) in [4.78, 5) is 0. The first-order valence-electron chi connectivity index (χ1n) is 4.31. The monoisotopic (exact) mass is 176 g/mol. The Hall–Kier alpha value is -0.160. The van der Waals surface area contributed by atoms with E-state index >= 15 is 0 Å². The van der Waals surface area contributed by atoms with Crippen molar-refractivity contribution in [1.29, 1.82) is 0 Å². The van der Waals surface area contributed by atoms with Crippen molar-refractivity contribution in [1.82, 2.24) is 0 Å². The Morgan fingerprint density at radius 2 is 2.08 bits per heavy atom. The number of rotatable bonds is 2. The summed E-state index contributed by atoms with van der Waals surface area (Å²) in [6, 6.07) is 0. The quantitative estimate of drug-likeness (QED) is 0.518. The minimum absolute atomic E-state index is 0.0412. The average molecular weight is 176 g/mol. The van der Waals surface area contributed by atoms with E-state index in [1.807, 2.05) is 6.92 Å². The molecule has 1 aliphatic heterocycles. The average Bonchev–Trinajstić information content (AvgIpc) is 2.09. The van der Waals surface area contributed by atoms with Crippen molar-refractivity contribution in [3.05, 3.63) is 0 Å². The van der Waals surface area contributed by atoms with Gasteiger partial charge in [-0.3, -0.25) is 0 Å². The van der Waals surface area contributed by atoms with E-state index in [1.165, 1.54) is 0 Å². The molecule has 0 aliphatic carbocycles. The molecule has 4 nitrogen and oxygen atoms in total. The van der Waals surface area contributed by atoms with Crippen LogP contribution in [0, 0.1) is 0 Å². The molecule has 1 rings (SSSR count). The lowest BCUT2D eigenvalue weighted by atomic mass is 9.97. The molecule has 0 aromatic carbocycles. The summed E-state index contributed by atoms with van der Waals surface area (Å²) in [5, 5.41) is 27.5. The molecule has 1 fully saturated rings. The molecule has 72 valence electrons. The third-order valence-electron chi connectivity index (χ3n) is 2.28. The van der Waals surface area contributed by atoms with Gasteiger partial charge in [0.25, 0.3) is 0 Å². The highest BCUT2D eigenvalue weighted by Gasteiger charge is 2.35. The molecule has 0 aromatic rings. The van der Waals surface area contributed by atoms with Crippen LogP contribution in [0.3, 0.4) is 0 Å². The molecule has 12 heavy (non-hydrogen) atoms. The second kappa shape index (κ2) is 4.18.